The molecule has 1 aromatic heterocycles. The Balaban J connectivity index is 0.000000222. The van der Waals surface area contributed by atoms with E-state index in [0.717, 1.165) is 5.69 Å². The Morgan fingerprint density at radius 1 is 1.29 bits per heavy atom. The highest BCUT2D eigenvalue weighted by Crippen LogP contribution is 2.06. The first kappa shape index (κ1) is 16.4. The number of nitrogens with zero attached hydrogens (tertiary/aromatic N) is 2. The first-order valence-electron chi connectivity index (χ1n) is 6.41. The lowest BCUT2D eigenvalue weighted by Gasteiger charge is -2.00. The van der Waals surface area contributed by atoms with E-state index >= 15 is 0 Å². The van der Waals surface area contributed by atoms with Gasteiger partial charge in [0.05, 0.1) is 12.8 Å². The molecule has 0 saturated heterocycles. The van der Waals surface area contributed by atoms with Crippen molar-refractivity contribution >= 4 is 11.9 Å². The summed E-state index contributed by atoms with van der Waals surface area (Å²) in [5.74, 6) is -0.675. The number of aryl methyl sites for hydroxylation is 1. The second kappa shape index (κ2) is 8.52. The minimum absolute atomic E-state index is 0.0498. The number of carbonyl (C=O) groups is 2. The molecule has 0 aliphatic carbocycles. The molecule has 1 N–H and O–H groups in total. The quantitative estimate of drug-likeness (QED) is 0.869. The first-order chi connectivity index (χ1) is 10.0. The smallest absolute Gasteiger partial charge is 0.325 e. The summed E-state index contributed by atoms with van der Waals surface area (Å²) in [6.45, 7) is 3.36. The zero-order chi connectivity index (χ0) is 15.7. The minimum atomic E-state index is -0.440. The van der Waals surface area contributed by atoms with E-state index in [4.69, 9.17) is 0 Å². The van der Waals surface area contributed by atoms with E-state index in [9.17, 15) is 9.59 Å². The van der Waals surface area contributed by atoms with Gasteiger partial charge in [-0.3, -0.25) is 9.59 Å². The molecule has 2 rings (SSSR count). The largest absolute Gasteiger partial charge is 0.468 e. The summed E-state index contributed by atoms with van der Waals surface area (Å²) in [6.07, 6.45) is 3.71. The molecular formula is C15H19N3O3. The number of methoxy groups -OCH3 is 1. The topological polar surface area (TPSA) is 73.2 Å². The van der Waals surface area contributed by atoms with Crippen LogP contribution >= 0.6 is 0 Å². The standard InChI is InChI=1S/C10H10N2.C5H9NO3/c1-9-3-5-10(6-4-9)12-8-2-7-11-12;1-4(7)6-3-5(8)9-2/h2-8H,1H3;3H2,1-2H3,(H,6,7). The van der Waals surface area contributed by atoms with Crippen molar-refractivity contribution in [1.29, 1.82) is 0 Å². The minimum Gasteiger partial charge on any atom is -0.468 e. The molecular weight excluding hydrogens is 270 g/mol. The van der Waals surface area contributed by atoms with Crippen LogP contribution in [-0.2, 0) is 14.3 Å². The molecule has 0 spiro atoms. The molecule has 1 heterocycles. The number of amides is 1. The Bertz CT molecular complexity index is 562. The molecule has 0 saturated carbocycles. The third-order valence-electron chi connectivity index (χ3n) is 2.51. The van der Waals surface area contributed by atoms with Crippen LogP contribution < -0.4 is 5.32 Å². The van der Waals surface area contributed by atoms with Crippen molar-refractivity contribution in [3.05, 3.63) is 48.3 Å². The SMILES string of the molecule is COC(=O)CNC(C)=O.Cc1ccc(-n2cccn2)cc1. The van der Waals surface area contributed by atoms with Crippen LogP contribution in [0.25, 0.3) is 5.69 Å². The van der Waals surface area contributed by atoms with E-state index in [1.165, 1.54) is 19.6 Å². The van der Waals surface area contributed by atoms with Crippen LogP contribution in [0, 0.1) is 6.92 Å². The fraction of sp³-hybridized carbons (Fsp3) is 0.267. The molecule has 0 aliphatic rings. The number of esters is 1. The molecule has 2 aromatic rings. The second-order valence-corrected chi connectivity index (χ2v) is 4.27. The fourth-order valence-corrected chi connectivity index (χ4v) is 1.39. The Labute approximate surface area is 123 Å². The fourth-order valence-electron chi connectivity index (χ4n) is 1.39. The molecule has 1 amide bonds. The van der Waals surface area contributed by atoms with Gasteiger partial charge < -0.3 is 10.1 Å². The Morgan fingerprint density at radius 2 is 1.95 bits per heavy atom. The number of nitrogens with one attached hydrogen (secondary N) is 1. The van der Waals surface area contributed by atoms with Gasteiger partial charge in [-0.25, -0.2) is 4.68 Å². The van der Waals surface area contributed by atoms with Crippen molar-refractivity contribution in [1.82, 2.24) is 15.1 Å². The molecule has 0 fully saturated rings. The average molecular weight is 289 g/mol. The molecule has 6 nitrogen and oxygen atoms in total. The van der Waals surface area contributed by atoms with E-state index in [1.54, 1.807) is 6.20 Å². The lowest BCUT2D eigenvalue weighted by molar-refractivity contribution is -0.140. The van der Waals surface area contributed by atoms with Crippen molar-refractivity contribution < 1.29 is 14.3 Å². The molecule has 0 bridgehead atoms. The van der Waals surface area contributed by atoms with Crippen molar-refractivity contribution in [3.63, 3.8) is 0 Å². The van der Waals surface area contributed by atoms with Crippen molar-refractivity contribution in [2.75, 3.05) is 13.7 Å². The van der Waals surface area contributed by atoms with Gasteiger partial charge in [-0.1, -0.05) is 17.7 Å². The van der Waals surface area contributed by atoms with Crippen LogP contribution in [0.15, 0.2) is 42.7 Å². The van der Waals surface area contributed by atoms with Gasteiger partial charge in [0, 0.05) is 19.3 Å². The van der Waals surface area contributed by atoms with Crippen molar-refractivity contribution in [2.24, 2.45) is 0 Å². The van der Waals surface area contributed by atoms with E-state index in [-0.39, 0.29) is 12.5 Å². The number of ether oxygens (including phenoxy) is 1. The zero-order valence-corrected chi connectivity index (χ0v) is 12.4. The van der Waals surface area contributed by atoms with E-state index in [0.29, 0.717) is 0 Å². The molecule has 21 heavy (non-hydrogen) atoms. The number of carbonyl (C=O) groups excluding carboxylic acids is 2. The summed E-state index contributed by atoms with van der Waals surface area (Å²) >= 11 is 0. The summed E-state index contributed by atoms with van der Waals surface area (Å²) in [5, 5.41) is 6.42. The molecule has 0 radical (unpaired) electrons. The maximum absolute atomic E-state index is 10.3. The normalized spacial score (nSPS) is 9.29. The Morgan fingerprint density at radius 3 is 2.43 bits per heavy atom. The van der Waals surface area contributed by atoms with Crippen molar-refractivity contribution in [2.45, 2.75) is 13.8 Å². The third-order valence-corrected chi connectivity index (χ3v) is 2.51. The highest BCUT2D eigenvalue weighted by molar-refractivity contribution is 5.80. The maximum atomic E-state index is 10.3. The van der Waals surface area contributed by atoms with Crippen LogP contribution in [0.5, 0.6) is 0 Å². The van der Waals surface area contributed by atoms with Crippen LogP contribution in [-0.4, -0.2) is 35.3 Å². The average Bonchev–Trinajstić information content (AvgIpc) is 3.00. The van der Waals surface area contributed by atoms with Gasteiger partial charge in [0.2, 0.25) is 5.91 Å². The number of rotatable bonds is 3. The van der Waals surface area contributed by atoms with Gasteiger partial charge in [-0.15, -0.1) is 0 Å². The Hall–Kier alpha value is -2.63. The molecule has 1 aromatic carbocycles. The molecule has 6 heteroatoms. The predicted octanol–water partition coefficient (Wildman–Crippen LogP) is 1.48. The van der Waals surface area contributed by atoms with Gasteiger partial charge >= 0.3 is 5.97 Å². The summed E-state index contributed by atoms with van der Waals surface area (Å²) in [7, 11) is 1.27. The lowest BCUT2D eigenvalue weighted by atomic mass is 10.2. The Kier molecular flexibility index (Phi) is 6.67. The predicted molar refractivity (Wildman–Crippen MR) is 79.0 cm³/mol. The van der Waals surface area contributed by atoms with Gasteiger partial charge in [-0.05, 0) is 25.1 Å². The second-order valence-electron chi connectivity index (χ2n) is 4.27. The molecule has 0 aliphatic heterocycles. The number of hydrogen-bond donors (Lipinski definition) is 1. The summed E-state index contributed by atoms with van der Waals surface area (Å²) in [5.41, 5.74) is 2.37. The monoisotopic (exact) mass is 289 g/mol. The number of hydrogen-bond acceptors (Lipinski definition) is 4. The molecule has 112 valence electrons. The molecule has 0 atom stereocenters. The van der Waals surface area contributed by atoms with Crippen LogP contribution in [0.2, 0.25) is 0 Å². The maximum Gasteiger partial charge on any atom is 0.325 e. The van der Waals surface area contributed by atoms with Crippen molar-refractivity contribution in [3.8, 4) is 5.69 Å². The summed E-state index contributed by atoms with van der Waals surface area (Å²) < 4.78 is 6.09. The molecule has 0 unspecified atom stereocenters. The van der Waals surface area contributed by atoms with Crippen LogP contribution in [0.4, 0.5) is 0 Å². The summed E-state index contributed by atoms with van der Waals surface area (Å²) in [6, 6.07) is 10.2. The lowest BCUT2D eigenvalue weighted by Crippen LogP contribution is -2.27. The van der Waals surface area contributed by atoms with Gasteiger partial charge in [0.25, 0.3) is 0 Å². The van der Waals surface area contributed by atoms with Crippen LogP contribution in [0.1, 0.15) is 12.5 Å². The van der Waals surface area contributed by atoms with Gasteiger partial charge in [-0.2, -0.15) is 5.10 Å². The highest BCUT2D eigenvalue weighted by Gasteiger charge is 1.98. The van der Waals surface area contributed by atoms with Crippen LogP contribution in [0.3, 0.4) is 0 Å². The number of benzene rings is 1. The van der Waals surface area contributed by atoms with E-state index in [2.05, 4.69) is 46.3 Å². The zero-order valence-electron chi connectivity index (χ0n) is 12.4. The van der Waals surface area contributed by atoms with Gasteiger partial charge in [0.1, 0.15) is 6.54 Å². The third kappa shape index (κ3) is 6.38. The number of aromatic nitrogens is 2. The first-order valence-corrected chi connectivity index (χ1v) is 6.41. The van der Waals surface area contributed by atoms with E-state index in [1.807, 2.05) is 16.9 Å². The van der Waals surface area contributed by atoms with E-state index < -0.39 is 5.97 Å². The summed E-state index contributed by atoms with van der Waals surface area (Å²) in [4.78, 5) is 20.4. The van der Waals surface area contributed by atoms with Gasteiger partial charge in [0.15, 0.2) is 0 Å². The highest BCUT2D eigenvalue weighted by atomic mass is 16.5.